The molecule has 1 unspecified atom stereocenters. The standard InChI is InChI=1S/C9H15F2NO2/c1-6(8(13)14-2)12-5-7-3-9(10,11)4-7/h6-7,12H,3-5H2,1-2H3. The molecule has 0 aromatic carbocycles. The topological polar surface area (TPSA) is 38.3 Å². The first-order valence-electron chi connectivity index (χ1n) is 4.63. The molecule has 82 valence electrons. The number of hydrogen-bond donors (Lipinski definition) is 1. The monoisotopic (exact) mass is 207 g/mol. The van der Waals surface area contributed by atoms with Gasteiger partial charge in [0.05, 0.1) is 7.11 Å². The van der Waals surface area contributed by atoms with Gasteiger partial charge in [0.25, 0.3) is 0 Å². The lowest BCUT2D eigenvalue weighted by Gasteiger charge is -2.35. The Bertz CT molecular complexity index is 213. The molecule has 0 heterocycles. The van der Waals surface area contributed by atoms with Crippen molar-refractivity contribution in [2.45, 2.75) is 31.7 Å². The van der Waals surface area contributed by atoms with Gasteiger partial charge in [-0.3, -0.25) is 4.79 Å². The summed E-state index contributed by atoms with van der Waals surface area (Å²) in [4.78, 5) is 10.9. The zero-order valence-electron chi connectivity index (χ0n) is 8.35. The number of esters is 1. The van der Waals surface area contributed by atoms with E-state index in [0.717, 1.165) is 0 Å². The Morgan fingerprint density at radius 1 is 1.64 bits per heavy atom. The highest BCUT2D eigenvalue weighted by molar-refractivity contribution is 5.75. The van der Waals surface area contributed by atoms with Crippen molar-refractivity contribution in [3.8, 4) is 0 Å². The predicted octanol–water partition coefficient (Wildman–Crippen LogP) is 1.18. The lowest BCUT2D eigenvalue weighted by atomic mass is 9.81. The van der Waals surface area contributed by atoms with Crippen molar-refractivity contribution in [1.82, 2.24) is 5.32 Å². The second-order valence-electron chi connectivity index (χ2n) is 3.78. The fraction of sp³-hybridized carbons (Fsp3) is 0.889. The summed E-state index contributed by atoms with van der Waals surface area (Å²) in [5.41, 5.74) is 0. The van der Waals surface area contributed by atoms with Crippen LogP contribution in [-0.2, 0) is 9.53 Å². The molecule has 5 heteroatoms. The van der Waals surface area contributed by atoms with Gasteiger partial charge in [-0.2, -0.15) is 0 Å². The molecule has 0 amide bonds. The maximum atomic E-state index is 12.4. The number of nitrogens with one attached hydrogen (secondary N) is 1. The van der Waals surface area contributed by atoms with Crippen molar-refractivity contribution in [3.63, 3.8) is 0 Å². The van der Waals surface area contributed by atoms with Crippen LogP contribution >= 0.6 is 0 Å². The van der Waals surface area contributed by atoms with Crippen LogP contribution < -0.4 is 5.32 Å². The van der Waals surface area contributed by atoms with E-state index in [1.54, 1.807) is 6.92 Å². The van der Waals surface area contributed by atoms with E-state index in [1.165, 1.54) is 7.11 Å². The maximum Gasteiger partial charge on any atom is 0.322 e. The average Bonchev–Trinajstić information content (AvgIpc) is 2.09. The van der Waals surface area contributed by atoms with Crippen molar-refractivity contribution in [2.75, 3.05) is 13.7 Å². The van der Waals surface area contributed by atoms with Gasteiger partial charge in [-0.1, -0.05) is 0 Å². The van der Waals surface area contributed by atoms with Crippen LogP contribution in [0.15, 0.2) is 0 Å². The van der Waals surface area contributed by atoms with Crippen molar-refractivity contribution < 1.29 is 18.3 Å². The summed E-state index contributed by atoms with van der Waals surface area (Å²) in [6.07, 6.45) is -0.151. The van der Waals surface area contributed by atoms with E-state index in [4.69, 9.17) is 0 Å². The Morgan fingerprint density at radius 2 is 2.21 bits per heavy atom. The molecule has 0 aromatic rings. The fourth-order valence-electron chi connectivity index (χ4n) is 1.53. The van der Waals surface area contributed by atoms with Gasteiger partial charge in [0.2, 0.25) is 5.92 Å². The van der Waals surface area contributed by atoms with Gasteiger partial charge in [0.15, 0.2) is 0 Å². The van der Waals surface area contributed by atoms with E-state index in [-0.39, 0.29) is 24.7 Å². The minimum absolute atomic E-state index is 0.0166. The first-order valence-corrected chi connectivity index (χ1v) is 4.63. The Balaban J connectivity index is 2.13. The number of ether oxygens (including phenoxy) is 1. The van der Waals surface area contributed by atoms with Crippen LogP contribution in [0, 0.1) is 5.92 Å². The van der Waals surface area contributed by atoms with Crippen molar-refractivity contribution in [3.05, 3.63) is 0 Å². The lowest BCUT2D eigenvalue weighted by Crippen LogP contribution is -2.45. The minimum Gasteiger partial charge on any atom is -0.468 e. The third kappa shape index (κ3) is 2.90. The van der Waals surface area contributed by atoms with Gasteiger partial charge in [0, 0.05) is 12.8 Å². The molecule has 0 radical (unpaired) electrons. The van der Waals surface area contributed by atoms with Crippen molar-refractivity contribution in [2.24, 2.45) is 5.92 Å². The molecule has 0 spiro atoms. The van der Waals surface area contributed by atoms with Gasteiger partial charge in [-0.15, -0.1) is 0 Å². The summed E-state index contributed by atoms with van der Waals surface area (Å²) < 4.78 is 29.3. The molecule has 0 saturated heterocycles. The van der Waals surface area contributed by atoms with Crippen LogP contribution in [-0.4, -0.2) is 31.6 Å². The van der Waals surface area contributed by atoms with Crippen LogP contribution in [0.3, 0.4) is 0 Å². The van der Waals surface area contributed by atoms with E-state index in [9.17, 15) is 13.6 Å². The molecule has 1 aliphatic rings. The molecule has 0 bridgehead atoms. The number of hydrogen-bond acceptors (Lipinski definition) is 3. The molecule has 0 aliphatic heterocycles. The van der Waals surface area contributed by atoms with E-state index < -0.39 is 12.0 Å². The van der Waals surface area contributed by atoms with Crippen LogP contribution in [0.5, 0.6) is 0 Å². The number of carbonyl (C=O) groups is 1. The highest BCUT2D eigenvalue weighted by Gasteiger charge is 2.44. The predicted molar refractivity (Wildman–Crippen MR) is 47.2 cm³/mol. The van der Waals surface area contributed by atoms with Crippen molar-refractivity contribution in [1.29, 1.82) is 0 Å². The molecule has 1 rings (SSSR count). The molecular formula is C9H15F2NO2. The molecule has 1 saturated carbocycles. The third-order valence-electron chi connectivity index (χ3n) is 2.44. The number of carbonyl (C=O) groups excluding carboxylic acids is 1. The lowest BCUT2D eigenvalue weighted by molar-refractivity contribution is -0.143. The van der Waals surface area contributed by atoms with Crippen LogP contribution in [0.1, 0.15) is 19.8 Å². The van der Waals surface area contributed by atoms with E-state index in [0.29, 0.717) is 6.54 Å². The Labute approximate surface area is 81.8 Å². The molecule has 1 atom stereocenters. The van der Waals surface area contributed by atoms with Crippen LogP contribution in [0.25, 0.3) is 0 Å². The molecule has 1 N–H and O–H groups in total. The van der Waals surface area contributed by atoms with Crippen LogP contribution in [0.2, 0.25) is 0 Å². The average molecular weight is 207 g/mol. The zero-order valence-corrected chi connectivity index (χ0v) is 8.35. The van der Waals surface area contributed by atoms with Gasteiger partial charge in [0.1, 0.15) is 6.04 Å². The van der Waals surface area contributed by atoms with Gasteiger partial charge in [-0.05, 0) is 19.4 Å². The number of methoxy groups -OCH3 is 1. The molecule has 0 aromatic heterocycles. The third-order valence-corrected chi connectivity index (χ3v) is 2.44. The summed E-state index contributed by atoms with van der Waals surface area (Å²) in [5, 5.41) is 2.87. The molecule has 1 aliphatic carbocycles. The van der Waals surface area contributed by atoms with Gasteiger partial charge >= 0.3 is 5.97 Å². The molecule has 14 heavy (non-hydrogen) atoms. The summed E-state index contributed by atoms with van der Waals surface area (Å²) in [5.74, 6) is -2.87. The summed E-state index contributed by atoms with van der Waals surface area (Å²) in [6, 6.07) is -0.422. The second kappa shape index (κ2) is 4.21. The second-order valence-corrected chi connectivity index (χ2v) is 3.78. The summed E-state index contributed by atoms with van der Waals surface area (Å²) in [6.45, 7) is 2.11. The molecular weight excluding hydrogens is 192 g/mol. The highest BCUT2D eigenvalue weighted by Crippen LogP contribution is 2.41. The van der Waals surface area contributed by atoms with E-state index in [1.807, 2.05) is 0 Å². The van der Waals surface area contributed by atoms with Crippen LogP contribution in [0.4, 0.5) is 8.78 Å². The zero-order chi connectivity index (χ0) is 10.8. The Morgan fingerprint density at radius 3 is 2.64 bits per heavy atom. The minimum atomic E-state index is -2.49. The smallest absolute Gasteiger partial charge is 0.322 e. The SMILES string of the molecule is COC(=O)C(C)NCC1CC(F)(F)C1. The van der Waals surface area contributed by atoms with Crippen molar-refractivity contribution >= 4 is 5.97 Å². The van der Waals surface area contributed by atoms with E-state index >= 15 is 0 Å². The summed E-state index contributed by atoms with van der Waals surface area (Å²) in [7, 11) is 1.30. The van der Waals surface area contributed by atoms with Gasteiger partial charge in [-0.25, -0.2) is 8.78 Å². The first-order chi connectivity index (χ1) is 6.44. The molecule has 3 nitrogen and oxygen atoms in total. The van der Waals surface area contributed by atoms with E-state index in [2.05, 4.69) is 10.1 Å². The first kappa shape index (κ1) is 11.4. The quantitative estimate of drug-likeness (QED) is 0.703. The summed E-state index contributed by atoms with van der Waals surface area (Å²) >= 11 is 0. The normalized spacial score (nSPS) is 22.6. The number of halogens is 2. The number of rotatable bonds is 4. The molecule has 1 fully saturated rings. The largest absolute Gasteiger partial charge is 0.468 e. The highest BCUT2D eigenvalue weighted by atomic mass is 19.3. The fourth-order valence-corrected chi connectivity index (χ4v) is 1.53. The number of alkyl halides is 2. The Kier molecular flexibility index (Phi) is 3.42. The Hall–Kier alpha value is -0.710. The van der Waals surface area contributed by atoms with Gasteiger partial charge < -0.3 is 10.1 Å². The maximum absolute atomic E-state index is 12.4.